The van der Waals surface area contributed by atoms with Crippen molar-refractivity contribution in [2.24, 2.45) is 0 Å². The molecule has 0 radical (unpaired) electrons. The molecule has 0 bridgehead atoms. The number of carbonyl (C=O) groups is 1. The van der Waals surface area contributed by atoms with Gasteiger partial charge in [-0.15, -0.1) is 0 Å². The average Bonchev–Trinajstić information content (AvgIpc) is 2.98. The zero-order chi connectivity index (χ0) is 13.9. The molecule has 2 heterocycles. The Kier molecular flexibility index (Phi) is 3.54. The van der Waals surface area contributed by atoms with Crippen molar-refractivity contribution < 1.29 is 9.32 Å². The van der Waals surface area contributed by atoms with Gasteiger partial charge >= 0.3 is 0 Å². The maximum absolute atomic E-state index is 12.5. The Hall–Kier alpha value is -2.10. The summed E-state index contributed by atoms with van der Waals surface area (Å²) in [4.78, 5) is 14.4. The van der Waals surface area contributed by atoms with Crippen LogP contribution >= 0.6 is 0 Å². The second kappa shape index (κ2) is 5.49. The molecule has 1 aliphatic heterocycles. The van der Waals surface area contributed by atoms with E-state index in [4.69, 9.17) is 4.52 Å². The maximum atomic E-state index is 12.5. The molecule has 3 rings (SSSR count). The molecule has 1 aromatic carbocycles. The van der Waals surface area contributed by atoms with Crippen molar-refractivity contribution >= 4 is 5.91 Å². The van der Waals surface area contributed by atoms with E-state index in [9.17, 15) is 4.79 Å². The quantitative estimate of drug-likeness (QED) is 0.840. The summed E-state index contributed by atoms with van der Waals surface area (Å²) in [7, 11) is 0. The SMILES string of the molecule is CC1CCCCN1C(=O)c1cc(-c2ccccc2)on1. The third-order valence-corrected chi connectivity index (χ3v) is 3.85. The molecule has 4 nitrogen and oxygen atoms in total. The third kappa shape index (κ3) is 2.46. The Balaban J connectivity index is 1.81. The molecule has 1 aliphatic rings. The highest BCUT2D eigenvalue weighted by Gasteiger charge is 2.26. The second-order valence-corrected chi connectivity index (χ2v) is 5.29. The second-order valence-electron chi connectivity index (χ2n) is 5.29. The summed E-state index contributed by atoms with van der Waals surface area (Å²) < 4.78 is 5.30. The van der Waals surface area contributed by atoms with Gasteiger partial charge in [-0.05, 0) is 26.2 Å². The summed E-state index contributed by atoms with van der Waals surface area (Å²) in [6.07, 6.45) is 3.33. The molecule has 104 valence electrons. The molecule has 0 spiro atoms. The lowest BCUT2D eigenvalue weighted by molar-refractivity contribution is 0.0625. The van der Waals surface area contributed by atoms with Crippen molar-refractivity contribution in [3.63, 3.8) is 0 Å². The number of nitrogens with zero attached hydrogens (tertiary/aromatic N) is 2. The van der Waals surface area contributed by atoms with Gasteiger partial charge < -0.3 is 9.42 Å². The summed E-state index contributed by atoms with van der Waals surface area (Å²) in [5.41, 5.74) is 1.34. The number of rotatable bonds is 2. The van der Waals surface area contributed by atoms with Crippen LogP contribution in [0.4, 0.5) is 0 Å². The van der Waals surface area contributed by atoms with Crippen LogP contribution in [0.15, 0.2) is 40.9 Å². The van der Waals surface area contributed by atoms with E-state index in [1.165, 1.54) is 6.42 Å². The van der Waals surface area contributed by atoms with Gasteiger partial charge in [0.05, 0.1) is 0 Å². The highest BCUT2D eigenvalue weighted by Crippen LogP contribution is 2.23. The van der Waals surface area contributed by atoms with E-state index >= 15 is 0 Å². The molecule has 2 aromatic rings. The van der Waals surface area contributed by atoms with Gasteiger partial charge in [-0.25, -0.2) is 0 Å². The molecule has 1 fully saturated rings. The van der Waals surface area contributed by atoms with Crippen molar-refractivity contribution in [1.82, 2.24) is 10.1 Å². The topological polar surface area (TPSA) is 46.3 Å². The minimum Gasteiger partial charge on any atom is -0.355 e. The Morgan fingerprint density at radius 2 is 2.10 bits per heavy atom. The molecule has 1 unspecified atom stereocenters. The van der Waals surface area contributed by atoms with Crippen molar-refractivity contribution in [3.8, 4) is 11.3 Å². The van der Waals surface area contributed by atoms with E-state index in [0.717, 1.165) is 24.9 Å². The molecular weight excluding hydrogens is 252 g/mol. The van der Waals surface area contributed by atoms with Crippen LogP contribution in [0.5, 0.6) is 0 Å². The summed E-state index contributed by atoms with van der Waals surface area (Å²) in [6.45, 7) is 2.91. The van der Waals surface area contributed by atoms with Crippen LogP contribution < -0.4 is 0 Å². The average molecular weight is 270 g/mol. The van der Waals surface area contributed by atoms with Crippen LogP contribution in [-0.2, 0) is 0 Å². The molecule has 1 aromatic heterocycles. The maximum Gasteiger partial charge on any atom is 0.276 e. The highest BCUT2D eigenvalue weighted by molar-refractivity contribution is 5.93. The van der Waals surface area contributed by atoms with Gasteiger partial charge in [0.1, 0.15) is 0 Å². The predicted molar refractivity (Wildman–Crippen MR) is 76.3 cm³/mol. The lowest BCUT2D eigenvalue weighted by Crippen LogP contribution is -2.42. The van der Waals surface area contributed by atoms with Crippen molar-refractivity contribution in [3.05, 3.63) is 42.1 Å². The van der Waals surface area contributed by atoms with Gasteiger partial charge in [0.15, 0.2) is 11.5 Å². The third-order valence-electron chi connectivity index (χ3n) is 3.85. The molecule has 20 heavy (non-hydrogen) atoms. The van der Waals surface area contributed by atoms with Crippen LogP contribution in [0.3, 0.4) is 0 Å². The first-order chi connectivity index (χ1) is 9.75. The summed E-state index contributed by atoms with van der Waals surface area (Å²) >= 11 is 0. The molecule has 0 aliphatic carbocycles. The number of benzene rings is 1. The monoisotopic (exact) mass is 270 g/mol. The van der Waals surface area contributed by atoms with Gasteiger partial charge in [0.2, 0.25) is 0 Å². The Morgan fingerprint density at radius 3 is 2.85 bits per heavy atom. The van der Waals surface area contributed by atoms with Crippen LogP contribution in [0.1, 0.15) is 36.7 Å². The van der Waals surface area contributed by atoms with E-state index in [1.54, 1.807) is 6.07 Å². The number of amides is 1. The van der Waals surface area contributed by atoms with E-state index < -0.39 is 0 Å². The minimum absolute atomic E-state index is 0.0249. The van der Waals surface area contributed by atoms with Gasteiger partial charge in [0.25, 0.3) is 5.91 Å². The van der Waals surface area contributed by atoms with Gasteiger partial charge in [0, 0.05) is 24.2 Å². The largest absolute Gasteiger partial charge is 0.355 e. The van der Waals surface area contributed by atoms with E-state index in [2.05, 4.69) is 12.1 Å². The van der Waals surface area contributed by atoms with Crippen molar-refractivity contribution in [1.29, 1.82) is 0 Å². The van der Waals surface area contributed by atoms with Crippen molar-refractivity contribution in [2.75, 3.05) is 6.54 Å². The summed E-state index contributed by atoms with van der Waals surface area (Å²) in [5, 5.41) is 3.94. The fourth-order valence-electron chi connectivity index (χ4n) is 2.66. The Bertz CT molecular complexity index is 592. The first-order valence-corrected chi connectivity index (χ1v) is 7.09. The van der Waals surface area contributed by atoms with Crippen molar-refractivity contribution in [2.45, 2.75) is 32.2 Å². The lowest BCUT2D eigenvalue weighted by Gasteiger charge is -2.32. The van der Waals surface area contributed by atoms with Crippen LogP contribution in [0.2, 0.25) is 0 Å². The first-order valence-electron chi connectivity index (χ1n) is 7.09. The molecular formula is C16H18N2O2. The molecule has 4 heteroatoms. The zero-order valence-electron chi connectivity index (χ0n) is 11.6. The normalized spacial score (nSPS) is 19.1. The fraction of sp³-hybridized carbons (Fsp3) is 0.375. The highest BCUT2D eigenvalue weighted by atomic mass is 16.5. The lowest BCUT2D eigenvalue weighted by atomic mass is 10.0. The predicted octanol–water partition coefficient (Wildman–Crippen LogP) is 3.36. The first kappa shape index (κ1) is 12.9. The van der Waals surface area contributed by atoms with Gasteiger partial charge in [-0.3, -0.25) is 4.79 Å². The molecule has 1 atom stereocenters. The molecule has 1 saturated heterocycles. The number of hydrogen-bond donors (Lipinski definition) is 0. The molecule has 0 N–H and O–H groups in total. The number of carbonyl (C=O) groups excluding carboxylic acids is 1. The number of piperidine rings is 1. The van der Waals surface area contributed by atoms with E-state index in [0.29, 0.717) is 11.5 Å². The van der Waals surface area contributed by atoms with Crippen LogP contribution in [0, 0.1) is 0 Å². The van der Waals surface area contributed by atoms with Crippen LogP contribution in [-0.4, -0.2) is 28.6 Å². The molecule has 1 amide bonds. The van der Waals surface area contributed by atoms with Gasteiger partial charge in [-0.2, -0.15) is 0 Å². The number of hydrogen-bond acceptors (Lipinski definition) is 3. The summed E-state index contributed by atoms with van der Waals surface area (Å²) in [6, 6.07) is 11.7. The number of likely N-dealkylation sites (tertiary alicyclic amines) is 1. The summed E-state index contributed by atoms with van der Waals surface area (Å²) in [5.74, 6) is 0.613. The molecule has 0 saturated carbocycles. The van der Waals surface area contributed by atoms with Crippen LogP contribution in [0.25, 0.3) is 11.3 Å². The van der Waals surface area contributed by atoms with E-state index in [1.807, 2.05) is 35.2 Å². The smallest absolute Gasteiger partial charge is 0.276 e. The fourth-order valence-corrected chi connectivity index (χ4v) is 2.66. The zero-order valence-corrected chi connectivity index (χ0v) is 11.6. The Labute approximate surface area is 118 Å². The minimum atomic E-state index is -0.0249. The standard InChI is InChI=1S/C16H18N2O2/c1-12-7-5-6-10-18(12)16(19)14-11-15(20-17-14)13-8-3-2-4-9-13/h2-4,8-9,11-12H,5-7,10H2,1H3. The Morgan fingerprint density at radius 1 is 1.30 bits per heavy atom. The number of aromatic nitrogens is 1. The van der Waals surface area contributed by atoms with E-state index in [-0.39, 0.29) is 11.9 Å². The van der Waals surface area contributed by atoms with Gasteiger partial charge in [-0.1, -0.05) is 35.5 Å².